The van der Waals surface area contributed by atoms with Crippen LogP contribution in [0.2, 0.25) is 0 Å². The lowest BCUT2D eigenvalue weighted by atomic mass is 9.61. The summed E-state index contributed by atoms with van der Waals surface area (Å²) in [4.78, 5) is 14.7. The van der Waals surface area contributed by atoms with E-state index in [1.165, 1.54) is 5.56 Å². The molecule has 0 bridgehead atoms. The smallest absolute Gasteiger partial charge is 0.240 e. The van der Waals surface area contributed by atoms with Gasteiger partial charge in [-0.15, -0.1) is 0 Å². The van der Waals surface area contributed by atoms with Crippen molar-refractivity contribution in [2.45, 2.75) is 26.2 Å². The molecule has 0 unspecified atom stereocenters. The van der Waals surface area contributed by atoms with E-state index >= 15 is 0 Å². The molecular formula is C15H19N3O2. The maximum Gasteiger partial charge on any atom is 0.240 e. The van der Waals surface area contributed by atoms with Crippen LogP contribution in [0.25, 0.3) is 0 Å². The molecule has 5 heteroatoms. The topological polar surface area (TPSA) is 78.9 Å². The van der Waals surface area contributed by atoms with Crippen molar-refractivity contribution >= 4 is 17.4 Å². The van der Waals surface area contributed by atoms with Gasteiger partial charge in [0, 0.05) is 12.2 Å². The Morgan fingerprint density at radius 2 is 2.15 bits per heavy atom. The third-order valence-electron chi connectivity index (χ3n) is 4.53. The molecule has 5 nitrogen and oxygen atoms in total. The third-order valence-corrected chi connectivity index (χ3v) is 4.53. The number of fused-ring (bicyclic) bond motifs is 1. The van der Waals surface area contributed by atoms with Crippen molar-refractivity contribution in [2.24, 2.45) is 22.2 Å². The summed E-state index contributed by atoms with van der Waals surface area (Å²) in [6.07, 6.45) is 2.17. The Labute approximate surface area is 118 Å². The number of hydrogen-bond acceptors (Lipinski definition) is 3. The van der Waals surface area contributed by atoms with Crippen molar-refractivity contribution in [3.05, 3.63) is 29.8 Å². The van der Waals surface area contributed by atoms with Crippen molar-refractivity contribution in [1.82, 2.24) is 0 Å². The molecule has 3 N–H and O–H groups in total. The lowest BCUT2D eigenvalue weighted by Gasteiger charge is -2.45. The number of amides is 1. The number of oxime groups is 1. The van der Waals surface area contributed by atoms with Gasteiger partial charge in [-0.3, -0.25) is 4.79 Å². The van der Waals surface area contributed by atoms with Gasteiger partial charge in [-0.25, -0.2) is 0 Å². The third kappa shape index (κ3) is 1.69. The van der Waals surface area contributed by atoms with Crippen molar-refractivity contribution in [1.29, 1.82) is 0 Å². The van der Waals surface area contributed by atoms with Gasteiger partial charge in [0.1, 0.15) is 5.41 Å². The highest BCUT2D eigenvalue weighted by Crippen LogP contribution is 2.48. The van der Waals surface area contributed by atoms with E-state index in [1.54, 1.807) is 4.90 Å². The van der Waals surface area contributed by atoms with Crippen LogP contribution in [0, 0.1) is 11.3 Å². The monoisotopic (exact) mass is 273 g/mol. The van der Waals surface area contributed by atoms with Crippen LogP contribution in [0.4, 0.5) is 5.69 Å². The number of para-hydroxylation sites is 1. The minimum absolute atomic E-state index is 0.0316. The van der Waals surface area contributed by atoms with E-state index in [0.29, 0.717) is 25.3 Å². The highest BCUT2D eigenvalue weighted by molar-refractivity contribution is 6.14. The average molecular weight is 273 g/mol. The molecule has 1 saturated carbocycles. The SMILES string of the molecule is CC1CC(C(=O)N2CCc3ccccc32)(/C(N)=N/O)C1. The fraction of sp³-hybridized carbons (Fsp3) is 0.467. The van der Waals surface area contributed by atoms with E-state index in [9.17, 15) is 4.79 Å². The zero-order chi connectivity index (χ0) is 14.3. The summed E-state index contributed by atoms with van der Waals surface area (Å²) < 4.78 is 0. The molecule has 3 rings (SSSR count). The Hall–Kier alpha value is -2.04. The van der Waals surface area contributed by atoms with E-state index in [2.05, 4.69) is 12.1 Å². The number of anilines is 1. The van der Waals surface area contributed by atoms with Gasteiger partial charge in [0.2, 0.25) is 5.91 Å². The minimum Gasteiger partial charge on any atom is -0.409 e. The maximum atomic E-state index is 12.9. The first-order chi connectivity index (χ1) is 9.58. The molecule has 1 heterocycles. The number of carbonyl (C=O) groups is 1. The molecule has 0 saturated heterocycles. The first-order valence-corrected chi connectivity index (χ1v) is 6.96. The molecule has 1 aliphatic carbocycles. The number of hydrogen-bond donors (Lipinski definition) is 2. The van der Waals surface area contributed by atoms with Crippen molar-refractivity contribution < 1.29 is 10.0 Å². The number of rotatable bonds is 2. The van der Waals surface area contributed by atoms with Crippen LogP contribution in [-0.4, -0.2) is 23.5 Å². The second-order valence-corrected chi connectivity index (χ2v) is 5.92. The van der Waals surface area contributed by atoms with Gasteiger partial charge in [0.25, 0.3) is 0 Å². The number of amidine groups is 1. The number of benzene rings is 1. The van der Waals surface area contributed by atoms with E-state index in [0.717, 1.165) is 12.1 Å². The fourth-order valence-corrected chi connectivity index (χ4v) is 3.53. The number of nitrogens with two attached hydrogens (primary N) is 1. The molecule has 1 amide bonds. The van der Waals surface area contributed by atoms with Crippen LogP contribution >= 0.6 is 0 Å². The second-order valence-electron chi connectivity index (χ2n) is 5.92. The summed E-state index contributed by atoms with van der Waals surface area (Å²) >= 11 is 0. The van der Waals surface area contributed by atoms with E-state index in [-0.39, 0.29) is 11.7 Å². The summed E-state index contributed by atoms with van der Waals surface area (Å²) in [5.41, 5.74) is 7.15. The molecule has 20 heavy (non-hydrogen) atoms. The molecule has 2 aliphatic rings. The van der Waals surface area contributed by atoms with Crippen LogP contribution in [0.15, 0.2) is 29.4 Å². The van der Waals surface area contributed by atoms with Gasteiger partial charge in [-0.05, 0) is 36.8 Å². The molecule has 0 radical (unpaired) electrons. The maximum absolute atomic E-state index is 12.9. The van der Waals surface area contributed by atoms with Gasteiger partial charge in [-0.2, -0.15) is 0 Å². The zero-order valence-electron chi connectivity index (χ0n) is 11.5. The molecule has 1 fully saturated rings. The van der Waals surface area contributed by atoms with Crippen LogP contribution in [0.3, 0.4) is 0 Å². The Bertz CT molecular complexity index is 576. The molecule has 106 valence electrons. The lowest BCUT2D eigenvalue weighted by molar-refractivity contribution is -0.130. The Morgan fingerprint density at radius 3 is 2.80 bits per heavy atom. The van der Waals surface area contributed by atoms with Gasteiger partial charge in [0.15, 0.2) is 5.84 Å². The molecule has 0 atom stereocenters. The van der Waals surface area contributed by atoms with Crippen LogP contribution < -0.4 is 10.6 Å². The number of nitrogens with zero attached hydrogens (tertiary/aromatic N) is 2. The van der Waals surface area contributed by atoms with E-state index in [4.69, 9.17) is 10.9 Å². The van der Waals surface area contributed by atoms with Crippen LogP contribution in [-0.2, 0) is 11.2 Å². The molecule has 1 aromatic rings. The highest BCUT2D eigenvalue weighted by Gasteiger charge is 2.54. The van der Waals surface area contributed by atoms with Crippen molar-refractivity contribution in [3.63, 3.8) is 0 Å². The highest BCUT2D eigenvalue weighted by atomic mass is 16.4. The predicted molar refractivity (Wildman–Crippen MR) is 76.7 cm³/mol. The minimum atomic E-state index is -0.814. The van der Waals surface area contributed by atoms with E-state index < -0.39 is 5.41 Å². The molecular weight excluding hydrogens is 254 g/mol. The standard InChI is InChI=1S/C15H19N3O2/c1-10-8-15(9-10,13(16)17-20)14(19)18-7-6-11-4-2-3-5-12(11)18/h2-5,10,20H,6-9H2,1H3,(H2,16,17). The summed E-state index contributed by atoms with van der Waals surface area (Å²) in [6, 6.07) is 7.92. The van der Waals surface area contributed by atoms with Gasteiger partial charge >= 0.3 is 0 Å². The van der Waals surface area contributed by atoms with E-state index in [1.807, 2.05) is 24.3 Å². The van der Waals surface area contributed by atoms with Gasteiger partial charge in [-0.1, -0.05) is 30.3 Å². The van der Waals surface area contributed by atoms with Gasteiger partial charge < -0.3 is 15.8 Å². The lowest BCUT2D eigenvalue weighted by Crippen LogP contribution is -2.57. The molecule has 1 aliphatic heterocycles. The molecule has 0 aromatic heterocycles. The first kappa shape index (κ1) is 13.0. The Balaban J connectivity index is 1.93. The zero-order valence-corrected chi connectivity index (χ0v) is 11.5. The Morgan fingerprint density at radius 1 is 1.45 bits per heavy atom. The molecule has 1 aromatic carbocycles. The Kier molecular flexibility index (Phi) is 2.92. The van der Waals surface area contributed by atoms with Crippen LogP contribution in [0.5, 0.6) is 0 Å². The predicted octanol–water partition coefficient (Wildman–Crippen LogP) is 1.74. The molecule has 0 spiro atoms. The summed E-state index contributed by atoms with van der Waals surface area (Å²) in [7, 11) is 0. The average Bonchev–Trinajstić information content (AvgIpc) is 2.86. The number of carbonyl (C=O) groups excluding carboxylic acids is 1. The fourth-order valence-electron chi connectivity index (χ4n) is 3.53. The summed E-state index contributed by atoms with van der Waals surface area (Å²) in [5, 5.41) is 12.1. The second kappa shape index (κ2) is 4.51. The quantitative estimate of drug-likeness (QED) is 0.373. The van der Waals surface area contributed by atoms with Gasteiger partial charge in [0.05, 0.1) is 0 Å². The van der Waals surface area contributed by atoms with Crippen molar-refractivity contribution in [2.75, 3.05) is 11.4 Å². The summed E-state index contributed by atoms with van der Waals surface area (Å²) in [5.74, 6) is 0.443. The normalized spacial score (nSPS) is 28.9. The van der Waals surface area contributed by atoms with Crippen molar-refractivity contribution in [3.8, 4) is 0 Å². The van der Waals surface area contributed by atoms with Crippen LogP contribution in [0.1, 0.15) is 25.3 Å². The summed E-state index contributed by atoms with van der Waals surface area (Å²) in [6.45, 7) is 2.75. The first-order valence-electron chi connectivity index (χ1n) is 6.96. The largest absolute Gasteiger partial charge is 0.409 e.